The number of para-hydroxylation sites is 2. The Hall–Kier alpha value is -1.54. The second-order valence-electron chi connectivity index (χ2n) is 4.39. The highest BCUT2D eigenvalue weighted by molar-refractivity contribution is 5.64. The molecule has 1 aromatic carbocycles. The Bertz CT molecular complexity index is 448. The lowest BCUT2D eigenvalue weighted by Crippen LogP contribution is -3.13. The number of quaternary nitrogens is 1. The first-order valence-electron chi connectivity index (χ1n) is 5.97. The molecule has 1 aromatic rings. The number of benzene rings is 1. The third kappa shape index (κ3) is 1.38. The van der Waals surface area contributed by atoms with Crippen molar-refractivity contribution < 1.29 is 4.90 Å². The van der Waals surface area contributed by atoms with E-state index >= 15 is 0 Å². The van der Waals surface area contributed by atoms with E-state index in [4.69, 9.17) is 0 Å². The van der Waals surface area contributed by atoms with Crippen molar-refractivity contribution >= 4 is 11.4 Å². The number of rotatable bonds is 1. The standard InChI is InChI=1S/C14H16N2/c1-2-16-13-9-5-3-7-11(13)15-12-8-4-6-10-14(12)16/h3-11,13,15H,2H2,1H3/p+1. The summed E-state index contributed by atoms with van der Waals surface area (Å²) in [6.45, 7) is 3.37. The first kappa shape index (κ1) is 9.67. The third-order valence-electron chi connectivity index (χ3n) is 3.51. The molecule has 0 saturated carbocycles. The molecule has 3 rings (SSSR count). The Morgan fingerprint density at radius 1 is 1.19 bits per heavy atom. The van der Waals surface area contributed by atoms with Crippen molar-refractivity contribution in [3.8, 4) is 0 Å². The molecule has 0 spiro atoms. The van der Waals surface area contributed by atoms with E-state index in [-0.39, 0.29) is 0 Å². The molecule has 3 unspecified atom stereocenters. The van der Waals surface area contributed by atoms with Gasteiger partial charge in [-0.1, -0.05) is 30.4 Å². The molecular formula is C14H17N2+. The smallest absolute Gasteiger partial charge is 0.155 e. The van der Waals surface area contributed by atoms with Gasteiger partial charge in [-0.25, -0.2) is 0 Å². The Morgan fingerprint density at radius 2 is 2.00 bits per heavy atom. The Labute approximate surface area is 96.3 Å². The molecule has 1 aliphatic heterocycles. The number of nitrogens with one attached hydrogen (secondary N) is 2. The second kappa shape index (κ2) is 3.80. The fraction of sp³-hybridized carbons (Fsp3) is 0.286. The summed E-state index contributed by atoms with van der Waals surface area (Å²) in [6, 6.07) is 9.59. The fourth-order valence-corrected chi connectivity index (χ4v) is 2.75. The van der Waals surface area contributed by atoms with Crippen LogP contribution in [0.1, 0.15) is 6.92 Å². The Kier molecular flexibility index (Phi) is 2.29. The van der Waals surface area contributed by atoms with Crippen LogP contribution in [-0.4, -0.2) is 18.6 Å². The van der Waals surface area contributed by atoms with Gasteiger partial charge in [-0.2, -0.15) is 0 Å². The Morgan fingerprint density at radius 3 is 2.88 bits per heavy atom. The summed E-state index contributed by atoms with van der Waals surface area (Å²) in [7, 11) is 0. The van der Waals surface area contributed by atoms with Crippen LogP contribution in [-0.2, 0) is 0 Å². The highest BCUT2D eigenvalue weighted by atomic mass is 15.2. The summed E-state index contributed by atoms with van der Waals surface area (Å²) in [5.41, 5.74) is 2.67. The summed E-state index contributed by atoms with van der Waals surface area (Å²) in [4.78, 5) is 1.56. The molecule has 0 fully saturated rings. The molecule has 0 amide bonds. The molecular weight excluding hydrogens is 196 g/mol. The molecule has 0 aromatic heterocycles. The van der Waals surface area contributed by atoms with Crippen LogP contribution in [0, 0.1) is 0 Å². The van der Waals surface area contributed by atoms with Gasteiger partial charge in [0.15, 0.2) is 5.69 Å². The molecule has 1 heterocycles. The zero-order valence-corrected chi connectivity index (χ0v) is 9.48. The second-order valence-corrected chi connectivity index (χ2v) is 4.39. The van der Waals surface area contributed by atoms with Gasteiger partial charge in [0.05, 0.1) is 12.2 Å². The van der Waals surface area contributed by atoms with Crippen molar-refractivity contribution in [2.24, 2.45) is 0 Å². The van der Waals surface area contributed by atoms with E-state index in [0.29, 0.717) is 12.1 Å². The van der Waals surface area contributed by atoms with Crippen LogP contribution < -0.4 is 10.2 Å². The lowest BCUT2D eigenvalue weighted by Gasteiger charge is -2.37. The van der Waals surface area contributed by atoms with Crippen LogP contribution in [0.5, 0.6) is 0 Å². The van der Waals surface area contributed by atoms with Gasteiger partial charge in [-0.05, 0) is 19.1 Å². The SMILES string of the molecule is CC[NH+]1c2ccccc2NC2C=CC=CC21. The van der Waals surface area contributed by atoms with Crippen LogP contribution in [0.15, 0.2) is 48.6 Å². The third-order valence-corrected chi connectivity index (χ3v) is 3.51. The lowest BCUT2D eigenvalue weighted by atomic mass is 9.96. The van der Waals surface area contributed by atoms with Crippen LogP contribution in [0.4, 0.5) is 11.4 Å². The Balaban J connectivity index is 2.07. The largest absolute Gasteiger partial charge is 0.368 e. The maximum absolute atomic E-state index is 3.60. The van der Waals surface area contributed by atoms with E-state index in [1.165, 1.54) is 11.4 Å². The number of allylic oxidation sites excluding steroid dienone is 2. The van der Waals surface area contributed by atoms with Crippen LogP contribution in [0.25, 0.3) is 0 Å². The van der Waals surface area contributed by atoms with Crippen molar-refractivity contribution in [3.05, 3.63) is 48.6 Å². The summed E-state index contributed by atoms with van der Waals surface area (Å²) in [5.74, 6) is 0. The fourth-order valence-electron chi connectivity index (χ4n) is 2.75. The average molecular weight is 213 g/mol. The van der Waals surface area contributed by atoms with Crippen LogP contribution in [0.3, 0.4) is 0 Å². The minimum atomic E-state index is 0.440. The van der Waals surface area contributed by atoms with Gasteiger partial charge in [0.1, 0.15) is 12.1 Å². The highest BCUT2D eigenvalue weighted by Crippen LogP contribution is 2.24. The first-order chi connectivity index (χ1) is 7.90. The maximum Gasteiger partial charge on any atom is 0.155 e. The molecule has 82 valence electrons. The van der Waals surface area contributed by atoms with Gasteiger partial charge in [0.2, 0.25) is 0 Å². The zero-order chi connectivity index (χ0) is 11.0. The van der Waals surface area contributed by atoms with Gasteiger partial charge in [-0.3, -0.25) is 4.90 Å². The van der Waals surface area contributed by atoms with Gasteiger partial charge in [0, 0.05) is 6.07 Å². The predicted octanol–water partition coefficient (Wildman–Crippen LogP) is 1.51. The molecule has 1 aliphatic carbocycles. The van der Waals surface area contributed by atoms with Crippen molar-refractivity contribution in [1.29, 1.82) is 0 Å². The highest BCUT2D eigenvalue weighted by Gasteiger charge is 2.35. The van der Waals surface area contributed by atoms with Crippen molar-refractivity contribution in [3.63, 3.8) is 0 Å². The number of likely N-dealkylation sites (N-methyl/N-ethyl adjacent to an activating group) is 1. The van der Waals surface area contributed by atoms with E-state index in [0.717, 1.165) is 6.54 Å². The molecule has 16 heavy (non-hydrogen) atoms. The number of anilines is 1. The maximum atomic E-state index is 3.60. The van der Waals surface area contributed by atoms with E-state index < -0.39 is 0 Å². The summed E-state index contributed by atoms with van der Waals surface area (Å²) in [5, 5.41) is 3.60. The quantitative estimate of drug-likeness (QED) is 0.723. The zero-order valence-electron chi connectivity index (χ0n) is 9.48. The van der Waals surface area contributed by atoms with Gasteiger partial charge in [-0.15, -0.1) is 0 Å². The topological polar surface area (TPSA) is 16.5 Å². The van der Waals surface area contributed by atoms with Gasteiger partial charge < -0.3 is 5.32 Å². The lowest BCUT2D eigenvalue weighted by molar-refractivity contribution is -0.852. The molecule has 3 atom stereocenters. The summed E-state index contributed by atoms with van der Waals surface area (Å²) in [6.07, 6.45) is 8.87. The predicted molar refractivity (Wildman–Crippen MR) is 67.1 cm³/mol. The molecule has 2 N–H and O–H groups in total. The van der Waals surface area contributed by atoms with E-state index in [1.54, 1.807) is 4.90 Å². The van der Waals surface area contributed by atoms with Crippen molar-refractivity contribution in [1.82, 2.24) is 0 Å². The van der Waals surface area contributed by atoms with Crippen molar-refractivity contribution in [2.75, 3.05) is 11.9 Å². The molecule has 2 nitrogen and oxygen atoms in total. The van der Waals surface area contributed by atoms with Gasteiger partial charge in [0.25, 0.3) is 0 Å². The van der Waals surface area contributed by atoms with Gasteiger partial charge >= 0.3 is 0 Å². The molecule has 0 saturated heterocycles. The number of fused-ring (bicyclic) bond motifs is 2. The molecule has 2 aliphatic rings. The van der Waals surface area contributed by atoms with E-state index in [2.05, 4.69) is 60.8 Å². The molecule has 2 heteroatoms. The molecule has 0 radical (unpaired) electrons. The van der Waals surface area contributed by atoms with Crippen LogP contribution in [0.2, 0.25) is 0 Å². The first-order valence-corrected chi connectivity index (χ1v) is 5.97. The summed E-state index contributed by atoms with van der Waals surface area (Å²) < 4.78 is 0. The van der Waals surface area contributed by atoms with E-state index in [9.17, 15) is 0 Å². The van der Waals surface area contributed by atoms with Crippen molar-refractivity contribution in [2.45, 2.75) is 19.0 Å². The van der Waals surface area contributed by atoms with E-state index in [1.807, 2.05) is 0 Å². The number of hydrogen-bond donors (Lipinski definition) is 2. The average Bonchev–Trinajstić information content (AvgIpc) is 2.36. The monoisotopic (exact) mass is 213 g/mol. The minimum absolute atomic E-state index is 0.440. The minimum Gasteiger partial charge on any atom is -0.368 e. The summed E-state index contributed by atoms with van der Waals surface area (Å²) >= 11 is 0. The number of hydrogen-bond acceptors (Lipinski definition) is 1. The normalized spacial score (nSPS) is 30.4. The molecule has 0 bridgehead atoms. The van der Waals surface area contributed by atoms with Crippen LogP contribution >= 0.6 is 0 Å².